The van der Waals surface area contributed by atoms with Crippen molar-refractivity contribution in [2.75, 3.05) is 0 Å². The number of hydrogen-bond donors (Lipinski definition) is 1. The molecule has 0 bridgehead atoms. The van der Waals surface area contributed by atoms with Crippen LogP contribution in [0.5, 0.6) is 0 Å². The summed E-state index contributed by atoms with van der Waals surface area (Å²) in [6.07, 6.45) is -0.666. The van der Waals surface area contributed by atoms with Crippen molar-refractivity contribution >= 4 is 11.6 Å². The van der Waals surface area contributed by atoms with Gasteiger partial charge >= 0.3 is 0 Å². The van der Waals surface area contributed by atoms with Crippen LogP contribution in [0.2, 0.25) is 5.02 Å². The molecule has 1 heterocycles. The third-order valence-corrected chi connectivity index (χ3v) is 2.53. The van der Waals surface area contributed by atoms with Crippen molar-refractivity contribution in [3.05, 3.63) is 40.7 Å². The van der Waals surface area contributed by atoms with E-state index in [9.17, 15) is 5.11 Å². The van der Waals surface area contributed by atoms with Gasteiger partial charge < -0.3 is 5.11 Å². The summed E-state index contributed by atoms with van der Waals surface area (Å²) < 4.78 is 1.55. The van der Waals surface area contributed by atoms with E-state index in [1.165, 1.54) is 0 Å². The van der Waals surface area contributed by atoms with Crippen molar-refractivity contribution in [1.29, 1.82) is 0 Å². The standard InChI is InChI=1S/C10H11ClN4O/c1-7-12-13-14-15(7)6-10(16)8-3-2-4-9(11)5-8/h2-5,10,16H,6H2,1H3/t10-/m0/s1. The first-order chi connectivity index (χ1) is 7.66. The Morgan fingerprint density at radius 3 is 2.94 bits per heavy atom. The van der Waals surface area contributed by atoms with Crippen LogP contribution in [0.15, 0.2) is 24.3 Å². The summed E-state index contributed by atoms with van der Waals surface area (Å²) in [4.78, 5) is 0. The number of rotatable bonds is 3. The highest BCUT2D eigenvalue weighted by molar-refractivity contribution is 6.30. The summed E-state index contributed by atoms with van der Waals surface area (Å²) in [5.74, 6) is 0.668. The predicted molar refractivity (Wildman–Crippen MR) is 59.0 cm³/mol. The summed E-state index contributed by atoms with van der Waals surface area (Å²) in [6, 6.07) is 7.11. The first kappa shape index (κ1) is 11.0. The average molecular weight is 239 g/mol. The molecule has 0 unspecified atom stereocenters. The first-order valence-corrected chi connectivity index (χ1v) is 5.21. The van der Waals surface area contributed by atoms with Crippen LogP contribution in [0.4, 0.5) is 0 Å². The lowest BCUT2D eigenvalue weighted by atomic mass is 10.1. The molecule has 1 N–H and O–H groups in total. The van der Waals surface area contributed by atoms with Crippen molar-refractivity contribution in [2.24, 2.45) is 0 Å². The van der Waals surface area contributed by atoms with Gasteiger partial charge in [-0.1, -0.05) is 23.7 Å². The Kier molecular flexibility index (Phi) is 3.17. The van der Waals surface area contributed by atoms with E-state index in [4.69, 9.17) is 11.6 Å². The SMILES string of the molecule is Cc1nnnn1C[C@H](O)c1cccc(Cl)c1. The molecule has 2 rings (SSSR count). The van der Waals surface area contributed by atoms with Gasteiger partial charge in [0.05, 0.1) is 12.6 Å². The molecule has 16 heavy (non-hydrogen) atoms. The molecule has 0 fully saturated rings. The molecular weight excluding hydrogens is 228 g/mol. The molecule has 0 aliphatic heterocycles. The second kappa shape index (κ2) is 4.59. The Morgan fingerprint density at radius 1 is 1.50 bits per heavy atom. The van der Waals surface area contributed by atoms with Crippen LogP contribution in [0.3, 0.4) is 0 Å². The zero-order chi connectivity index (χ0) is 11.5. The maximum atomic E-state index is 9.97. The van der Waals surface area contributed by atoms with Gasteiger partial charge in [-0.15, -0.1) is 5.10 Å². The van der Waals surface area contributed by atoms with Crippen molar-refractivity contribution < 1.29 is 5.11 Å². The molecule has 6 heteroatoms. The lowest BCUT2D eigenvalue weighted by Crippen LogP contribution is -2.11. The zero-order valence-electron chi connectivity index (χ0n) is 8.71. The molecule has 1 aromatic heterocycles. The fourth-order valence-corrected chi connectivity index (χ4v) is 1.60. The highest BCUT2D eigenvalue weighted by atomic mass is 35.5. The molecule has 0 aliphatic rings. The largest absolute Gasteiger partial charge is 0.386 e. The number of aliphatic hydroxyl groups excluding tert-OH is 1. The van der Waals surface area contributed by atoms with Crippen LogP contribution in [0, 0.1) is 6.92 Å². The van der Waals surface area contributed by atoms with Crippen LogP contribution in [-0.2, 0) is 6.54 Å². The summed E-state index contributed by atoms with van der Waals surface area (Å²) in [5, 5.41) is 21.6. The Balaban J connectivity index is 2.14. The summed E-state index contributed by atoms with van der Waals surface area (Å²) >= 11 is 5.84. The van der Waals surface area contributed by atoms with Gasteiger partial charge in [-0.05, 0) is 35.0 Å². The maximum absolute atomic E-state index is 9.97. The molecule has 0 aliphatic carbocycles. The number of nitrogens with zero attached hydrogens (tertiary/aromatic N) is 4. The third kappa shape index (κ3) is 2.37. The Hall–Kier alpha value is -1.46. The van der Waals surface area contributed by atoms with Crippen molar-refractivity contribution in [2.45, 2.75) is 19.6 Å². The van der Waals surface area contributed by atoms with Crippen LogP contribution in [-0.4, -0.2) is 25.3 Å². The number of aryl methyl sites for hydroxylation is 1. The Labute approximate surface area is 97.7 Å². The Morgan fingerprint density at radius 2 is 2.31 bits per heavy atom. The lowest BCUT2D eigenvalue weighted by molar-refractivity contribution is 0.149. The van der Waals surface area contributed by atoms with E-state index in [-0.39, 0.29) is 0 Å². The second-order valence-electron chi connectivity index (χ2n) is 3.48. The minimum absolute atomic E-state index is 0.319. The first-order valence-electron chi connectivity index (χ1n) is 4.83. The molecule has 84 valence electrons. The van der Waals surface area contributed by atoms with Gasteiger partial charge in [0, 0.05) is 5.02 Å². The topological polar surface area (TPSA) is 63.8 Å². The molecule has 2 aromatic rings. The van der Waals surface area contributed by atoms with Gasteiger partial charge in [-0.3, -0.25) is 0 Å². The fourth-order valence-electron chi connectivity index (χ4n) is 1.40. The number of halogens is 1. The Bertz CT molecular complexity index is 485. The molecule has 0 amide bonds. The highest BCUT2D eigenvalue weighted by Gasteiger charge is 2.11. The summed E-state index contributed by atoms with van der Waals surface area (Å²) in [7, 11) is 0. The van der Waals surface area contributed by atoms with E-state index in [0.717, 1.165) is 5.56 Å². The quantitative estimate of drug-likeness (QED) is 0.877. The molecule has 0 spiro atoms. The van der Waals surface area contributed by atoms with E-state index in [1.54, 1.807) is 29.8 Å². The van der Waals surface area contributed by atoms with Gasteiger partial charge in [0.1, 0.15) is 5.82 Å². The molecule has 5 nitrogen and oxygen atoms in total. The summed E-state index contributed by atoms with van der Waals surface area (Å²) in [6.45, 7) is 2.10. The number of tetrazole rings is 1. The van der Waals surface area contributed by atoms with Gasteiger partial charge in [0.25, 0.3) is 0 Å². The van der Waals surface area contributed by atoms with E-state index < -0.39 is 6.10 Å². The van der Waals surface area contributed by atoms with Gasteiger partial charge in [-0.25, -0.2) is 4.68 Å². The number of aromatic nitrogens is 4. The van der Waals surface area contributed by atoms with Crippen molar-refractivity contribution in [1.82, 2.24) is 20.2 Å². The van der Waals surface area contributed by atoms with Gasteiger partial charge in [-0.2, -0.15) is 0 Å². The van der Waals surface area contributed by atoms with Crippen molar-refractivity contribution in [3.63, 3.8) is 0 Å². The normalized spacial score (nSPS) is 12.7. The monoisotopic (exact) mass is 238 g/mol. The van der Waals surface area contributed by atoms with E-state index >= 15 is 0 Å². The number of hydrogen-bond acceptors (Lipinski definition) is 4. The zero-order valence-corrected chi connectivity index (χ0v) is 9.46. The minimum atomic E-state index is -0.666. The van der Waals surface area contributed by atoms with Crippen molar-refractivity contribution in [3.8, 4) is 0 Å². The van der Waals surface area contributed by atoms with Gasteiger partial charge in [0.15, 0.2) is 0 Å². The van der Waals surface area contributed by atoms with E-state index in [0.29, 0.717) is 17.4 Å². The van der Waals surface area contributed by atoms with Crippen LogP contribution < -0.4 is 0 Å². The minimum Gasteiger partial charge on any atom is -0.386 e. The fraction of sp³-hybridized carbons (Fsp3) is 0.300. The maximum Gasteiger partial charge on any atom is 0.148 e. The molecule has 0 radical (unpaired) electrons. The lowest BCUT2D eigenvalue weighted by Gasteiger charge is -2.11. The highest BCUT2D eigenvalue weighted by Crippen LogP contribution is 2.18. The molecule has 0 saturated carbocycles. The molecule has 0 saturated heterocycles. The van der Waals surface area contributed by atoms with E-state index in [1.807, 2.05) is 6.07 Å². The van der Waals surface area contributed by atoms with Crippen LogP contribution in [0.25, 0.3) is 0 Å². The number of benzene rings is 1. The molecular formula is C10H11ClN4O. The summed E-state index contributed by atoms with van der Waals surface area (Å²) in [5.41, 5.74) is 0.752. The number of aliphatic hydroxyl groups is 1. The smallest absolute Gasteiger partial charge is 0.148 e. The van der Waals surface area contributed by atoms with Crippen LogP contribution in [0.1, 0.15) is 17.5 Å². The van der Waals surface area contributed by atoms with Crippen LogP contribution >= 0.6 is 11.6 Å². The third-order valence-electron chi connectivity index (χ3n) is 2.29. The molecule has 1 aromatic carbocycles. The average Bonchev–Trinajstić information content (AvgIpc) is 2.64. The molecule has 1 atom stereocenters. The second-order valence-corrected chi connectivity index (χ2v) is 3.92. The van der Waals surface area contributed by atoms with E-state index in [2.05, 4.69) is 15.5 Å². The predicted octanol–water partition coefficient (Wildman–Crippen LogP) is 1.37. The van der Waals surface area contributed by atoms with Gasteiger partial charge in [0.2, 0.25) is 0 Å².